The molecule has 7 heteroatoms. The fraction of sp³-hybridized carbons (Fsp3) is 0.417. The van der Waals surface area contributed by atoms with Gasteiger partial charge in [0.2, 0.25) is 0 Å². The Morgan fingerprint density at radius 3 is 3.00 bits per heavy atom. The van der Waals surface area contributed by atoms with Gasteiger partial charge in [0.05, 0.1) is 17.7 Å². The fourth-order valence-corrected chi connectivity index (χ4v) is 1.82. The number of aromatic amines is 2. The second kappa shape index (κ2) is 6.03. The Bertz CT molecular complexity index is 530. The number of anilines is 1. The number of rotatable bonds is 6. The van der Waals surface area contributed by atoms with E-state index in [9.17, 15) is 4.79 Å². The number of amides is 1. The molecule has 0 radical (unpaired) electrons. The summed E-state index contributed by atoms with van der Waals surface area (Å²) in [6, 6.07) is 0. The largest absolute Gasteiger partial charge is 0.395 e. The molecular weight excluding hydrogens is 244 g/mol. The zero-order valence-electron chi connectivity index (χ0n) is 10.9. The van der Waals surface area contributed by atoms with Gasteiger partial charge in [-0.15, -0.1) is 0 Å². The molecule has 0 unspecified atom stereocenters. The van der Waals surface area contributed by atoms with Crippen LogP contribution >= 0.6 is 0 Å². The normalized spacial score (nSPS) is 10.6. The Labute approximate surface area is 111 Å². The molecule has 2 heterocycles. The lowest BCUT2D eigenvalue weighted by molar-refractivity contribution is 0.0950. The molecule has 0 saturated carbocycles. The van der Waals surface area contributed by atoms with E-state index in [1.165, 1.54) is 0 Å². The first-order valence-electron chi connectivity index (χ1n) is 6.30. The molecule has 0 fully saturated rings. The zero-order chi connectivity index (χ0) is 13.7. The number of hydrogen-bond donors (Lipinski definition) is 4. The van der Waals surface area contributed by atoms with Crippen LogP contribution in [0, 0.1) is 0 Å². The summed E-state index contributed by atoms with van der Waals surface area (Å²) in [5.41, 5.74) is 8.40. The van der Waals surface area contributed by atoms with Gasteiger partial charge in [-0.25, -0.2) is 4.98 Å². The highest BCUT2D eigenvalue weighted by Crippen LogP contribution is 2.15. The molecule has 2 aromatic rings. The van der Waals surface area contributed by atoms with Crippen molar-refractivity contribution in [3.8, 4) is 0 Å². The monoisotopic (exact) mass is 262 g/mol. The highest BCUT2D eigenvalue weighted by Gasteiger charge is 2.16. The lowest BCUT2D eigenvalue weighted by Crippen LogP contribution is -2.26. The molecular formula is C12H18N6O. The van der Waals surface area contributed by atoms with E-state index in [4.69, 9.17) is 5.73 Å². The van der Waals surface area contributed by atoms with Crippen molar-refractivity contribution in [3.63, 3.8) is 0 Å². The second-order valence-corrected chi connectivity index (χ2v) is 4.30. The van der Waals surface area contributed by atoms with Crippen LogP contribution in [-0.4, -0.2) is 32.6 Å². The molecule has 19 heavy (non-hydrogen) atoms. The molecule has 0 aliphatic rings. The van der Waals surface area contributed by atoms with Gasteiger partial charge in [0.15, 0.2) is 5.69 Å². The molecule has 0 bridgehead atoms. The van der Waals surface area contributed by atoms with Crippen molar-refractivity contribution >= 4 is 11.6 Å². The van der Waals surface area contributed by atoms with E-state index in [1.807, 2.05) is 6.92 Å². The lowest BCUT2D eigenvalue weighted by atomic mass is 10.2. The van der Waals surface area contributed by atoms with Crippen LogP contribution in [0.25, 0.3) is 0 Å². The number of carbonyl (C=O) groups excluding carboxylic acids is 1. The number of carbonyl (C=O) groups is 1. The Balaban J connectivity index is 1.89. The highest BCUT2D eigenvalue weighted by atomic mass is 16.1. The molecule has 0 aliphatic carbocycles. The Morgan fingerprint density at radius 1 is 1.47 bits per heavy atom. The van der Waals surface area contributed by atoms with Crippen molar-refractivity contribution in [2.75, 3.05) is 12.3 Å². The molecule has 0 aromatic carbocycles. The van der Waals surface area contributed by atoms with Crippen LogP contribution in [0.5, 0.6) is 0 Å². The van der Waals surface area contributed by atoms with Crippen molar-refractivity contribution < 1.29 is 4.79 Å². The van der Waals surface area contributed by atoms with E-state index in [0.717, 1.165) is 24.2 Å². The minimum absolute atomic E-state index is 0.254. The maximum absolute atomic E-state index is 11.9. The number of nitrogens with one attached hydrogen (secondary N) is 3. The van der Waals surface area contributed by atoms with Gasteiger partial charge in [-0.05, 0) is 6.42 Å². The van der Waals surface area contributed by atoms with E-state index in [-0.39, 0.29) is 11.6 Å². The van der Waals surface area contributed by atoms with Gasteiger partial charge in [0.25, 0.3) is 5.91 Å². The average Bonchev–Trinajstić information content (AvgIpc) is 3.01. The zero-order valence-corrected chi connectivity index (χ0v) is 10.9. The summed E-state index contributed by atoms with van der Waals surface area (Å²) in [6.45, 7) is 2.56. The Kier molecular flexibility index (Phi) is 4.17. The topological polar surface area (TPSA) is 112 Å². The van der Waals surface area contributed by atoms with Crippen LogP contribution in [0.15, 0.2) is 12.5 Å². The number of nitrogens with two attached hydrogens (primary N) is 1. The Hall–Kier alpha value is -2.31. The van der Waals surface area contributed by atoms with Crippen molar-refractivity contribution in [1.82, 2.24) is 25.5 Å². The minimum Gasteiger partial charge on any atom is -0.395 e. The number of aryl methyl sites for hydroxylation is 1. The van der Waals surface area contributed by atoms with Crippen molar-refractivity contribution in [2.45, 2.75) is 26.2 Å². The van der Waals surface area contributed by atoms with Gasteiger partial charge in [0, 0.05) is 24.9 Å². The number of hydrogen-bond acceptors (Lipinski definition) is 4. The van der Waals surface area contributed by atoms with Crippen LogP contribution in [0.2, 0.25) is 0 Å². The van der Waals surface area contributed by atoms with Crippen LogP contribution in [0.3, 0.4) is 0 Å². The maximum atomic E-state index is 11.9. The third-order valence-corrected chi connectivity index (χ3v) is 2.83. The van der Waals surface area contributed by atoms with E-state index >= 15 is 0 Å². The summed E-state index contributed by atoms with van der Waals surface area (Å²) in [5.74, 6) is -0.254. The summed E-state index contributed by atoms with van der Waals surface area (Å²) in [6.07, 6.45) is 5.78. The quantitative estimate of drug-likeness (QED) is 0.612. The number of nitrogen functional groups attached to an aromatic ring is 1. The number of imidazole rings is 1. The predicted molar refractivity (Wildman–Crippen MR) is 71.6 cm³/mol. The smallest absolute Gasteiger partial charge is 0.273 e. The van der Waals surface area contributed by atoms with Crippen LogP contribution < -0.4 is 11.1 Å². The summed E-state index contributed by atoms with van der Waals surface area (Å²) < 4.78 is 0. The highest BCUT2D eigenvalue weighted by molar-refractivity contribution is 5.97. The van der Waals surface area contributed by atoms with Gasteiger partial charge < -0.3 is 16.0 Å². The molecule has 2 rings (SSSR count). The van der Waals surface area contributed by atoms with Gasteiger partial charge in [-0.2, -0.15) is 5.10 Å². The minimum atomic E-state index is -0.254. The standard InChI is InChI=1S/C12H18N6O/c1-2-3-9-10(13)11(18-17-9)12(19)15-5-4-8-6-14-7-16-8/h6-7H,2-5,13H2,1H3,(H,14,16)(H,15,19)(H,17,18). The van der Waals surface area contributed by atoms with Crippen molar-refractivity contribution in [2.24, 2.45) is 0 Å². The molecule has 0 atom stereocenters. The van der Waals surface area contributed by atoms with Crippen LogP contribution in [-0.2, 0) is 12.8 Å². The third kappa shape index (κ3) is 3.12. The van der Waals surface area contributed by atoms with E-state index < -0.39 is 0 Å². The first-order valence-corrected chi connectivity index (χ1v) is 6.30. The molecule has 1 amide bonds. The maximum Gasteiger partial charge on any atom is 0.273 e. The van der Waals surface area contributed by atoms with E-state index in [1.54, 1.807) is 12.5 Å². The molecule has 0 saturated heterocycles. The van der Waals surface area contributed by atoms with Gasteiger partial charge in [0.1, 0.15) is 0 Å². The van der Waals surface area contributed by atoms with E-state index in [2.05, 4.69) is 25.5 Å². The van der Waals surface area contributed by atoms with Gasteiger partial charge in [-0.3, -0.25) is 9.89 Å². The lowest BCUT2D eigenvalue weighted by Gasteiger charge is -2.02. The predicted octanol–water partition coefficient (Wildman–Crippen LogP) is 0.640. The van der Waals surface area contributed by atoms with Crippen molar-refractivity contribution in [3.05, 3.63) is 29.6 Å². The number of H-pyrrole nitrogens is 2. The van der Waals surface area contributed by atoms with Crippen molar-refractivity contribution in [1.29, 1.82) is 0 Å². The van der Waals surface area contributed by atoms with Gasteiger partial charge >= 0.3 is 0 Å². The SMILES string of the molecule is CCCc1[nH]nc(C(=O)NCCc2cnc[nH]2)c1N. The van der Waals surface area contributed by atoms with Crippen LogP contribution in [0.4, 0.5) is 5.69 Å². The van der Waals surface area contributed by atoms with Crippen LogP contribution in [0.1, 0.15) is 35.2 Å². The second-order valence-electron chi connectivity index (χ2n) is 4.30. The number of nitrogens with zero attached hydrogens (tertiary/aromatic N) is 2. The molecule has 0 aliphatic heterocycles. The third-order valence-electron chi connectivity index (χ3n) is 2.83. The van der Waals surface area contributed by atoms with E-state index in [0.29, 0.717) is 18.7 Å². The summed E-state index contributed by atoms with van der Waals surface area (Å²) in [4.78, 5) is 18.8. The summed E-state index contributed by atoms with van der Waals surface area (Å²) in [7, 11) is 0. The Morgan fingerprint density at radius 2 is 2.32 bits per heavy atom. The molecule has 0 spiro atoms. The molecule has 7 nitrogen and oxygen atoms in total. The molecule has 2 aromatic heterocycles. The first kappa shape index (κ1) is 13.1. The first-order chi connectivity index (χ1) is 9.22. The fourth-order valence-electron chi connectivity index (χ4n) is 1.82. The number of aromatic nitrogens is 4. The summed E-state index contributed by atoms with van der Waals surface area (Å²) >= 11 is 0. The summed E-state index contributed by atoms with van der Waals surface area (Å²) in [5, 5.41) is 9.56. The molecule has 102 valence electrons. The molecule has 5 N–H and O–H groups in total. The van der Waals surface area contributed by atoms with Gasteiger partial charge in [-0.1, -0.05) is 13.3 Å². The average molecular weight is 262 g/mol.